The maximum absolute atomic E-state index is 11.4. The van der Waals surface area contributed by atoms with Gasteiger partial charge in [-0.1, -0.05) is 0 Å². The van der Waals surface area contributed by atoms with Gasteiger partial charge < -0.3 is 15.0 Å². The van der Waals surface area contributed by atoms with Crippen LogP contribution in [0.15, 0.2) is 6.07 Å². The van der Waals surface area contributed by atoms with E-state index in [1.165, 1.54) is 4.90 Å². The third-order valence-electron chi connectivity index (χ3n) is 2.03. The Labute approximate surface area is 101 Å². The van der Waals surface area contributed by atoms with E-state index in [0.717, 1.165) is 0 Å². The molecule has 6 nitrogen and oxygen atoms in total. The van der Waals surface area contributed by atoms with Gasteiger partial charge in [-0.3, -0.25) is 4.79 Å². The number of carbonyl (C=O) groups excluding carboxylic acids is 1. The lowest BCUT2D eigenvalue weighted by molar-refractivity contribution is -0.126. The lowest BCUT2D eigenvalue weighted by Crippen LogP contribution is -2.28. The van der Waals surface area contributed by atoms with E-state index in [4.69, 9.17) is 4.74 Å². The number of likely N-dealkylation sites (N-methyl/N-ethyl adjacent to an activating group) is 1. The summed E-state index contributed by atoms with van der Waals surface area (Å²) in [7, 11) is 3.42. The first-order valence-corrected chi connectivity index (χ1v) is 5.45. The molecule has 1 heterocycles. The Balaban J connectivity index is 2.67. The summed E-state index contributed by atoms with van der Waals surface area (Å²) in [6, 6.07) is 1.68. The zero-order valence-electron chi connectivity index (χ0n) is 10.6. The van der Waals surface area contributed by atoms with Gasteiger partial charge >= 0.3 is 0 Å². The summed E-state index contributed by atoms with van der Waals surface area (Å²) in [5.74, 6) is 1.70. The van der Waals surface area contributed by atoms with Gasteiger partial charge in [-0.25, -0.2) is 4.98 Å². The van der Waals surface area contributed by atoms with Crippen molar-refractivity contribution in [3.8, 4) is 5.88 Å². The molecule has 6 heteroatoms. The summed E-state index contributed by atoms with van der Waals surface area (Å²) in [6.07, 6.45) is 0. The van der Waals surface area contributed by atoms with E-state index in [9.17, 15) is 4.79 Å². The van der Waals surface area contributed by atoms with Gasteiger partial charge in [0.15, 0.2) is 0 Å². The lowest BCUT2D eigenvalue weighted by atomic mass is 10.4. The molecule has 1 amide bonds. The van der Waals surface area contributed by atoms with Crippen LogP contribution in [-0.2, 0) is 4.79 Å². The third kappa shape index (κ3) is 4.26. The predicted molar refractivity (Wildman–Crippen MR) is 65.1 cm³/mol. The molecule has 0 fully saturated rings. The standard InChI is InChI=1S/C11H18N4O2/c1-5-17-10-6-9(13-8(2)14-10)12-7-11(16)15(3)4/h6H,5,7H2,1-4H3,(H,12,13,14). The van der Waals surface area contributed by atoms with Gasteiger partial charge in [0, 0.05) is 20.2 Å². The molecule has 0 aliphatic heterocycles. The summed E-state index contributed by atoms with van der Waals surface area (Å²) in [5.41, 5.74) is 0. The molecule has 0 aliphatic rings. The number of ether oxygens (including phenoxy) is 1. The highest BCUT2D eigenvalue weighted by atomic mass is 16.5. The number of rotatable bonds is 5. The number of hydrogen-bond acceptors (Lipinski definition) is 5. The Hall–Kier alpha value is -1.85. The Morgan fingerprint density at radius 1 is 1.47 bits per heavy atom. The number of hydrogen-bond donors (Lipinski definition) is 1. The summed E-state index contributed by atoms with van der Waals surface area (Å²) in [6.45, 7) is 4.42. The van der Waals surface area contributed by atoms with Crippen LogP contribution < -0.4 is 10.1 Å². The van der Waals surface area contributed by atoms with Gasteiger partial charge in [-0.05, 0) is 13.8 Å². The van der Waals surface area contributed by atoms with Gasteiger partial charge in [0.05, 0.1) is 13.2 Å². The minimum Gasteiger partial charge on any atom is -0.478 e. The summed E-state index contributed by atoms with van der Waals surface area (Å²) < 4.78 is 5.30. The smallest absolute Gasteiger partial charge is 0.241 e. The van der Waals surface area contributed by atoms with Crippen molar-refractivity contribution in [3.05, 3.63) is 11.9 Å². The topological polar surface area (TPSA) is 67.3 Å². The number of anilines is 1. The number of carbonyl (C=O) groups is 1. The van der Waals surface area contributed by atoms with E-state index in [1.807, 2.05) is 6.92 Å². The first-order valence-electron chi connectivity index (χ1n) is 5.45. The Bertz CT molecular complexity index is 393. The highest BCUT2D eigenvalue weighted by molar-refractivity contribution is 5.80. The number of amides is 1. The van der Waals surface area contributed by atoms with Crippen LogP contribution >= 0.6 is 0 Å². The molecule has 0 atom stereocenters. The van der Waals surface area contributed by atoms with Crippen LogP contribution in [0, 0.1) is 6.92 Å². The summed E-state index contributed by atoms with van der Waals surface area (Å²) in [5, 5.41) is 2.94. The van der Waals surface area contributed by atoms with E-state index < -0.39 is 0 Å². The molecule has 17 heavy (non-hydrogen) atoms. The normalized spacial score (nSPS) is 9.88. The molecule has 94 valence electrons. The maximum Gasteiger partial charge on any atom is 0.241 e. The van der Waals surface area contributed by atoms with E-state index >= 15 is 0 Å². The third-order valence-corrected chi connectivity index (χ3v) is 2.03. The van der Waals surface area contributed by atoms with Crippen molar-refractivity contribution in [2.24, 2.45) is 0 Å². The first-order chi connectivity index (χ1) is 8.02. The van der Waals surface area contributed by atoms with Crippen LogP contribution in [0.3, 0.4) is 0 Å². The second-order valence-corrected chi connectivity index (χ2v) is 3.71. The molecular weight excluding hydrogens is 220 g/mol. The van der Waals surface area contributed by atoms with Gasteiger partial charge in [-0.2, -0.15) is 4.98 Å². The molecule has 0 aromatic carbocycles. The van der Waals surface area contributed by atoms with E-state index in [-0.39, 0.29) is 12.5 Å². The minimum atomic E-state index is -0.0146. The van der Waals surface area contributed by atoms with Crippen molar-refractivity contribution in [2.75, 3.05) is 32.6 Å². The van der Waals surface area contributed by atoms with Crippen LogP contribution in [-0.4, -0.2) is 48.0 Å². The second kappa shape index (κ2) is 6.03. The SMILES string of the molecule is CCOc1cc(NCC(=O)N(C)C)nc(C)n1. The molecule has 0 saturated carbocycles. The molecule has 1 aromatic heterocycles. The van der Waals surface area contributed by atoms with Crippen LogP contribution in [0.2, 0.25) is 0 Å². The molecule has 0 radical (unpaired) electrons. The molecule has 1 N–H and O–H groups in total. The lowest BCUT2D eigenvalue weighted by Gasteiger charge is -2.12. The molecule has 0 aliphatic carbocycles. The van der Waals surface area contributed by atoms with E-state index in [2.05, 4.69) is 15.3 Å². The second-order valence-electron chi connectivity index (χ2n) is 3.71. The van der Waals surface area contributed by atoms with Crippen molar-refractivity contribution in [1.82, 2.24) is 14.9 Å². The molecule has 1 aromatic rings. The van der Waals surface area contributed by atoms with Crippen LogP contribution in [0.4, 0.5) is 5.82 Å². The predicted octanol–water partition coefficient (Wildman–Crippen LogP) is 0.684. The van der Waals surface area contributed by atoms with Crippen molar-refractivity contribution >= 4 is 11.7 Å². The van der Waals surface area contributed by atoms with Crippen molar-refractivity contribution in [2.45, 2.75) is 13.8 Å². The van der Waals surface area contributed by atoms with Crippen LogP contribution in [0.25, 0.3) is 0 Å². The zero-order valence-corrected chi connectivity index (χ0v) is 10.6. The summed E-state index contributed by atoms with van der Waals surface area (Å²) >= 11 is 0. The van der Waals surface area contributed by atoms with Crippen molar-refractivity contribution in [1.29, 1.82) is 0 Å². The Morgan fingerprint density at radius 2 is 2.18 bits per heavy atom. The first kappa shape index (κ1) is 13.2. The van der Waals surface area contributed by atoms with Crippen molar-refractivity contribution < 1.29 is 9.53 Å². The molecule has 0 spiro atoms. The fraction of sp³-hybridized carbons (Fsp3) is 0.545. The molecular formula is C11H18N4O2. The van der Waals surface area contributed by atoms with Crippen LogP contribution in [0.1, 0.15) is 12.7 Å². The maximum atomic E-state index is 11.4. The molecule has 0 unspecified atom stereocenters. The average Bonchev–Trinajstić information content (AvgIpc) is 2.25. The van der Waals surface area contributed by atoms with Gasteiger partial charge in [0.25, 0.3) is 0 Å². The van der Waals surface area contributed by atoms with E-state index in [1.54, 1.807) is 27.1 Å². The number of nitrogens with one attached hydrogen (secondary N) is 1. The minimum absolute atomic E-state index is 0.0146. The van der Waals surface area contributed by atoms with Crippen LogP contribution in [0.5, 0.6) is 5.88 Å². The average molecular weight is 238 g/mol. The highest BCUT2D eigenvalue weighted by Gasteiger charge is 2.06. The largest absolute Gasteiger partial charge is 0.478 e. The number of nitrogens with zero attached hydrogens (tertiary/aromatic N) is 3. The summed E-state index contributed by atoms with van der Waals surface area (Å²) in [4.78, 5) is 21.2. The number of aromatic nitrogens is 2. The number of aryl methyl sites for hydroxylation is 1. The quantitative estimate of drug-likeness (QED) is 0.817. The molecule has 0 saturated heterocycles. The van der Waals surface area contributed by atoms with E-state index in [0.29, 0.717) is 24.1 Å². The molecule has 1 rings (SSSR count). The highest BCUT2D eigenvalue weighted by Crippen LogP contribution is 2.12. The monoisotopic (exact) mass is 238 g/mol. The van der Waals surface area contributed by atoms with Crippen molar-refractivity contribution in [3.63, 3.8) is 0 Å². The van der Waals surface area contributed by atoms with Gasteiger partial charge in [0.2, 0.25) is 11.8 Å². The Kier molecular flexibility index (Phi) is 4.68. The molecule has 0 bridgehead atoms. The zero-order chi connectivity index (χ0) is 12.8. The van der Waals surface area contributed by atoms with Gasteiger partial charge in [-0.15, -0.1) is 0 Å². The fourth-order valence-corrected chi connectivity index (χ4v) is 1.18. The van der Waals surface area contributed by atoms with Gasteiger partial charge in [0.1, 0.15) is 11.6 Å². The fourth-order valence-electron chi connectivity index (χ4n) is 1.18. The Morgan fingerprint density at radius 3 is 2.76 bits per heavy atom.